The summed E-state index contributed by atoms with van der Waals surface area (Å²) in [4.78, 5) is 23.4. The van der Waals surface area contributed by atoms with Crippen LogP contribution in [0.15, 0.2) is 48.5 Å². The molecule has 0 radical (unpaired) electrons. The van der Waals surface area contributed by atoms with Crippen molar-refractivity contribution in [3.05, 3.63) is 54.1 Å². The number of anilines is 2. The number of carbonyl (C=O) groups excluding carboxylic acids is 2. The molecule has 2 aromatic carbocycles. The maximum Gasteiger partial charge on any atom is 0.265 e. The predicted octanol–water partition coefficient (Wildman–Crippen LogP) is 4.17. The molecule has 0 aliphatic heterocycles. The first-order chi connectivity index (χ1) is 11.9. The van der Waals surface area contributed by atoms with Gasteiger partial charge in [-0.2, -0.15) is 0 Å². The Balaban J connectivity index is 2.00. The minimum atomic E-state index is -0.630. The van der Waals surface area contributed by atoms with Crippen molar-refractivity contribution in [3.8, 4) is 5.75 Å². The second-order valence-electron chi connectivity index (χ2n) is 6.20. The van der Waals surface area contributed by atoms with Gasteiger partial charge in [0.05, 0.1) is 0 Å². The Bertz CT molecular complexity index is 739. The van der Waals surface area contributed by atoms with Gasteiger partial charge in [-0.25, -0.2) is 0 Å². The fraction of sp³-hybridized carbons (Fsp3) is 0.300. The van der Waals surface area contributed by atoms with Crippen LogP contribution in [0.1, 0.15) is 39.2 Å². The van der Waals surface area contributed by atoms with Crippen LogP contribution < -0.4 is 15.4 Å². The van der Waals surface area contributed by atoms with Crippen LogP contribution in [-0.4, -0.2) is 17.9 Å². The van der Waals surface area contributed by atoms with Crippen LogP contribution in [0.4, 0.5) is 11.4 Å². The molecule has 0 spiro atoms. The fourth-order valence-electron chi connectivity index (χ4n) is 2.39. The smallest absolute Gasteiger partial charge is 0.265 e. The van der Waals surface area contributed by atoms with Crippen LogP contribution >= 0.6 is 0 Å². The first kappa shape index (κ1) is 18.5. The summed E-state index contributed by atoms with van der Waals surface area (Å²) < 4.78 is 5.85. The summed E-state index contributed by atoms with van der Waals surface area (Å²) in [6.07, 6.45) is -0.630. The molecule has 2 N–H and O–H groups in total. The lowest BCUT2D eigenvalue weighted by Gasteiger charge is -2.18. The Labute approximate surface area is 148 Å². The second kappa shape index (κ2) is 8.33. The van der Waals surface area contributed by atoms with Gasteiger partial charge in [0.2, 0.25) is 5.91 Å². The Kier molecular flexibility index (Phi) is 6.17. The quantitative estimate of drug-likeness (QED) is 0.829. The van der Waals surface area contributed by atoms with Gasteiger partial charge in [-0.3, -0.25) is 9.59 Å². The molecule has 2 amide bonds. The molecule has 0 aromatic heterocycles. The Morgan fingerprint density at radius 1 is 0.880 bits per heavy atom. The molecule has 5 heteroatoms. The average Bonchev–Trinajstić information content (AvgIpc) is 2.56. The van der Waals surface area contributed by atoms with Gasteiger partial charge in [0.1, 0.15) is 5.75 Å². The molecule has 0 heterocycles. The predicted molar refractivity (Wildman–Crippen MR) is 100.0 cm³/mol. The molecule has 1 unspecified atom stereocenters. The summed E-state index contributed by atoms with van der Waals surface area (Å²) in [5.41, 5.74) is 2.40. The number of amides is 2. The lowest BCUT2D eigenvalue weighted by atomic mass is 10.0. The zero-order chi connectivity index (χ0) is 18.4. The van der Waals surface area contributed by atoms with E-state index in [2.05, 4.69) is 24.5 Å². The van der Waals surface area contributed by atoms with E-state index in [4.69, 9.17) is 4.74 Å². The molecule has 25 heavy (non-hydrogen) atoms. The zero-order valence-corrected chi connectivity index (χ0v) is 15.0. The monoisotopic (exact) mass is 340 g/mol. The van der Waals surface area contributed by atoms with Crippen LogP contribution in [-0.2, 0) is 9.59 Å². The Morgan fingerprint density at radius 2 is 1.44 bits per heavy atom. The summed E-state index contributed by atoms with van der Waals surface area (Å²) in [5.74, 6) is 0.669. The van der Waals surface area contributed by atoms with Crippen molar-refractivity contribution in [2.24, 2.45) is 0 Å². The molecular weight excluding hydrogens is 316 g/mol. The lowest BCUT2D eigenvalue weighted by molar-refractivity contribution is -0.122. The molecular formula is C20H24N2O3. The highest BCUT2D eigenvalue weighted by molar-refractivity contribution is 5.94. The highest BCUT2D eigenvalue weighted by atomic mass is 16.5. The molecule has 2 rings (SSSR count). The summed E-state index contributed by atoms with van der Waals surface area (Å²) >= 11 is 0. The van der Waals surface area contributed by atoms with Gasteiger partial charge in [-0.15, -0.1) is 0 Å². The second-order valence-corrected chi connectivity index (χ2v) is 6.20. The van der Waals surface area contributed by atoms with E-state index >= 15 is 0 Å². The van der Waals surface area contributed by atoms with Crippen LogP contribution in [0.25, 0.3) is 0 Å². The fourth-order valence-corrected chi connectivity index (χ4v) is 2.39. The Morgan fingerprint density at radius 3 is 2.00 bits per heavy atom. The average molecular weight is 340 g/mol. The molecule has 1 atom stereocenters. The van der Waals surface area contributed by atoms with Crippen molar-refractivity contribution >= 4 is 23.2 Å². The number of nitrogens with one attached hydrogen (secondary N) is 2. The van der Waals surface area contributed by atoms with Crippen LogP contribution in [0, 0.1) is 0 Å². The lowest BCUT2D eigenvalue weighted by Crippen LogP contribution is -2.30. The molecule has 0 bridgehead atoms. The summed E-state index contributed by atoms with van der Waals surface area (Å²) in [6, 6.07) is 14.7. The third kappa shape index (κ3) is 5.35. The van der Waals surface area contributed by atoms with Crippen molar-refractivity contribution in [3.63, 3.8) is 0 Å². The number of ether oxygens (including phenoxy) is 1. The largest absolute Gasteiger partial charge is 0.481 e. The molecule has 0 saturated carbocycles. The zero-order valence-electron chi connectivity index (χ0n) is 15.0. The maximum absolute atomic E-state index is 12.4. The van der Waals surface area contributed by atoms with Gasteiger partial charge in [-0.05, 0) is 48.7 Å². The molecule has 0 saturated heterocycles. The molecule has 0 aliphatic rings. The van der Waals surface area contributed by atoms with E-state index in [-0.39, 0.29) is 11.8 Å². The normalized spacial score (nSPS) is 11.7. The van der Waals surface area contributed by atoms with Crippen molar-refractivity contribution in [2.45, 2.75) is 39.7 Å². The van der Waals surface area contributed by atoms with Crippen LogP contribution in [0.2, 0.25) is 0 Å². The van der Waals surface area contributed by atoms with Crippen molar-refractivity contribution in [1.29, 1.82) is 0 Å². The summed E-state index contributed by atoms with van der Waals surface area (Å²) in [6.45, 7) is 7.34. The van der Waals surface area contributed by atoms with E-state index in [0.29, 0.717) is 17.3 Å². The van der Waals surface area contributed by atoms with E-state index in [1.807, 2.05) is 24.3 Å². The van der Waals surface area contributed by atoms with Crippen LogP contribution in [0.3, 0.4) is 0 Å². The van der Waals surface area contributed by atoms with Crippen LogP contribution in [0.5, 0.6) is 5.75 Å². The number of benzene rings is 2. The molecule has 5 nitrogen and oxygen atoms in total. The summed E-state index contributed by atoms with van der Waals surface area (Å²) in [7, 11) is 0. The minimum absolute atomic E-state index is 0.136. The number of hydrogen-bond donors (Lipinski definition) is 2. The van der Waals surface area contributed by atoms with Gasteiger partial charge in [0.15, 0.2) is 6.10 Å². The molecule has 0 fully saturated rings. The third-order valence-electron chi connectivity index (χ3n) is 3.69. The van der Waals surface area contributed by atoms with Gasteiger partial charge >= 0.3 is 0 Å². The van der Waals surface area contributed by atoms with Crippen molar-refractivity contribution < 1.29 is 14.3 Å². The minimum Gasteiger partial charge on any atom is -0.481 e. The van der Waals surface area contributed by atoms with Gasteiger partial charge in [0.25, 0.3) is 5.91 Å². The first-order valence-corrected chi connectivity index (χ1v) is 8.31. The summed E-state index contributed by atoms with van der Waals surface area (Å²) in [5, 5.41) is 5.50. The highest BCUT2D eigenvalue weighted by Gasteiger charge is 2.17. The maximum atomic E-state index is 12.4. The van der Waals surface area contributed by atoms with Crippen molar-refractivity contribution in [2.75, 3.05) is 10.6 Å². The highest BCUT2D eigenvalue weighted by Crippen LogP contribution is 2.27. The molecule has 2 aromatic rings. The van der Waals surface area contributed by atoms with Gasteiger partial charge in [0, 0.05) is 18.3 Å². The van der Waals surface area contributed by atoms with E-state index < -0.39 is 6.10 Å². The SMILES string of the molecule is CC(=O)Nc1ccc(NC(=O)C(C)Oc2ccccc2C(C)C)cc1. The first-order valence-electron chi connectivity index (χ1n) is 8.31. The van der Waals surface area contributed by atoms with E-state index in [1.54, 1.807) is 31.2 Å². The van der Waals surface area contributed by atoms with Gasteiger partial charge < -0.3 is 15.4 Å². The van der Waals surface area contributed by atoms with Crippen molar-refractivity contribution in [1.82, 2.24) is 0 Å². The Hall–Kier alpha value is -2.82. The van der Waals surface area contributed by atoms with E-state index in [0.717, 1.165) is 11.3 Å². The molecule has 0 aliphatic carbocycles. The number of rotatable bonds is 6. The van der Waals surface area contributed by atoms with E-state index in [1.165, 1.54) is 6.92 Å². The number of hydrogen-bond acceptors (Lipinski definition) is 3. The third-order valence-corrected chi connectivity index (χ3v) is 3.69. The topological polar surface area (TPSA) is 67.4 Å². The number of para-hydroxylation sites is 1. The van der Waals surface area contributed by atoms with Gasteiger partial charge in [-0.1, -0.05) is 32.0 Å². The standard InChI is InChI=1S/C20H24N2O3/c1-13(2)18-7-5-6-8-19(18)25-14(3)20(24)22-17-11-9-16(10-12-17)21-15(4)23/h5-14H,1-4H3,(H,21,23)(H,22,24). The molecule has 132 valence electrons. The van der Waals surface area contributed by atoms with E-state index in [9.17, 15) is 9.59 Å². The number of carbonyl (C=O) groups is 2.